The van der Waals surface area contributed by atoms with Crippen LogP contribution in [0.2, 0.25) is 0 Å². The number of ether oxygens (including phenoxy) is 1. The van der Waals surface area contributed by atoms with Gasteiger partial charge in [0.05, 0.1) is 16.1 Å². The van der Waals surface area contributed by atoms with Crippen LogP contribution >= 0.6 is 15.9 Å². The Morgan fingerprint density at radius 2 is 1.84 bits per heavy atom. The van der Waals surface area contributed by atoms with Gasteiger partial charge in [0.2, 0.25) is 0 Å². The van der Waals surface area contributed by atoms with Gasteiger partial charge in [-0.25, -0.2) is 8.42 Å². The van der Waals surface area contributed by atoms with E-state index < -0.39 is 15.6 Å². The van der Waals surface area contributed by atoms with E-state index in [2.05, 4.69) is 25.6 Å². The van der Waals surface area contributed by atoms with Crippen LogP contribution in [0, 0.1) is 0 Å². The predicted molar refractivity (Wildman–Crippen MR) is 130 cm³/mol. The van der Waals surface area contributed by atoms with E-state index in [-0.39, 0.29) is 10.6 Å². The molecular formula is C24H21BrN2O4S. The summed E-state index contributed by atoms with van der Waals surface area (Å²) in [5.74, 6) is 0.714. The maximum atomic E-state index is 12.5. The molecule has 164 valence electrons. The van der Waals surface area contributed by atoms with Crippen LogP contribution < -0.4 is 9.46 Å². The first-order valence-corrected chi connectivity index (χ1v) is 12.1. The predicted octanol–water partition coefficient (Wildman–Crippen LogP) is 5.89. The molecule has 8 heteroatoms. The second kappa shape index (κ2) is 8.44. The molecule has 3 aromatic rings. The minimum absolute atomic E-state index is 0.0939. The first-order chi connectivity index (χ1) is 15.1. The topological polar surface area (TPSA) is 88.0 Å². The van der Waals surface area contributed by atoms with E-state index in [1.807, 2.05) is 32.1 Å². The molecular weight excluding hydrogens is 492 g/mol. The van der Waals surface area contributed by atoms with Crippen molar-refractivity contribution in [3.8, 4) is 11.5 Å². The minimum Gasteiger partial charge on any atom is -0.506 e. The third-order valence-electron chi connectivity index (χ3n) is 4.81. The lowest BCUT2D eigenvalue weighted by atomic mass is 10.00. The van der Waals surface area contributed by atoms with Gasteiger partial charge in [0, 0.05) is 21.9 Å². The molecule has 0 radical (unpaired) electrons. The van der Waals surface area contributed by atoms with E-state index in [4.69, 9.17) is 4.74 Å². The summed E-state index contributed by atoms with van der Waals surface area (Å²) in [6, 6.07) is 16.7. The number of phenolic OH excluding ortho intramolecular Hbond substituents is 1. The Morgan fingerprint density at radius 1 is 1.09 bits per heavy atom. The zero-order chi connectivity index (χ0) is 22.9. The Hall–Kier alpha value is -3.10. The standard InChI is InChI=1S/C24H21BrN2O4S/c1-24(2)13-12-21-22(31-24)11-6-16(23(21)28)15-26-18-7-9-19(10-8-18)27-32(29,30)20-5-3-4-17(25)14-20/h3-15,27-28H,1-2H3/b26-15+. The third kappa shape index (κ3) is 4.87. The van der Waals surface area contributed by atoms with Crippen LogP contribution in [-0.2, 0) is 10.0 Å². The molecule has 0 fully saturated rings. The largest absolute Gasteiger partial charge is 0.506 e. The molecule has 0 aromatic heterocycles. The third-order valence-corrected chi connectivity index (χ3v) is 6.68. The van der Waals surface area contributed by atoms with Gasteiger partial charge in [-0.1, -0.05) is 22.0 Å². The molecule has 0 aliphatic carbocycles. The normalized spacial score (nSPS) is 14.7. The molecule has 0 bridgehead atoms. The summed E-state index contributed by atoms with van der Waals surface area (Å²) in [5, 5.41) is 10.6. The van der Waals surface area contributed by atoms with Gasteiger partial charge in [-0.05, 0) is 80.6 Å². The maximum Gasteiger partial charge on any atom is 0.261 e. The lowest BCUT2D eigenvalue weighted by Crippen LogP contribution is -2.27. The first-order valence-electron chi connectivity index (χ1n) is 9.80. The molecule has 32 heavy (non-hydrogen) atoms. The summed E-state index contributed by atoms with van der Waals surface area (Å²) in [6.07, 6.45) is 5.30. The molecule has 1 heterocycles. The number of anilines is 1. The fourth-order valence-electron chi connectivity index (χ4n) is 3.17. The average molecular weight is 513 g/mol. The molecule has 4 rings (SSSR count). The van der Waals surface area contributed by atoms with Gasteiger partial charge in [0.25, 0.3) is 10.0 Å². The molecule has 2 N–H and O–H groups in total. The Morgan fingerprint density at radius 3 is 2.56 bits per heavy atom. The maximum absolute atomic E-state index is 12.5. The van der Waals surface area contributed by atoms with Gasteiger partial charge in [0.1, 0.15) is 17.1 Å². The number of nitrogens with one attached hydrogen (secondary N) is 1. The highest BCUT2D eigenvalue weighted by molar-refractivity contribution is 9.10. The molecule has 1 aliphatic rings. The average Bonchev–Trinajstić information content (AvgIpc) is 2.73. The van der Waals surface area contributed by atoms with Crippen molar-refractivity contribution in [2.24, 2.45) is 4.99 Å². The Bertz CT molecular complexity index is 1330. The van der Waals surface area contributed by atoms with Crippen molar-refractivity contribution < 1.29 is 18.3 Å². The zero-order valence-corrected chi connectivity index (χ0v) is 19.8. The van der Waals surface area contributed by atoms with Crippen LogP contribution in [0.1, 0.15) is 25.0 Å². The number of hydrogen-bond acceptors (Lipinski definition) is 5. The summed E-state index contributed by atoms with van der Waals surface area (Å²) < 4.78 is 34.2. The fourth-order valence-corrected chi connectivity index (χ4v) is 4.82. The zero-order valence-electron chi connectivity index (χ0n) is 17.4. The number of phenols is 1. The van der Waals surface area contributed by atoms with Gasteiger partial charge >= 0.3 is 0 Å². The van der Waals surface area contributed by atoms with Crippen molar-refractivity contribution in [2.45, 2.75) is 24.3 Å². The lowest BCUT2D eigenvalue weighted by molar-refractivity contribution is 0.158. The Kier molecular flexibility index (Phi) is 5.83. The van der Waals surface area contributed by atoms with E-state index in [0.29, 0.717) is 32.7 Å². The Balaban J connectivity index is 1.50. The van der Waals surface area contributed by atoms with Crippen molar-refractivity contribution in [2.75, 3.05) is 4.72 Å². The minimum atomic E-state index is -3.70. The molecule has 0 spiro atoms. The molecule has 0 atom stereocenters. The first kappa shape index (κ1) is 22.1. The number of fused-ring (bicyclic) bond motifs is 1. The van der Waals surface area contributed by atoms with Crippen LogP contribution in [0.25, 0.3) is 6.08 Å². The summed E-state index contributed by atoms with van der Waals surface area (Å²) in [4.78, 5) is 4.55. The van der Waals surface area contributed by atoms with Gasteiger partial charge < -0.3 is 9.84 Å². The van der Waals surface area contributed by atoms with E-state index in [1.54, 1.807) is 48.7 Å². The molecule has 6 nitrogen and oxygen atoms in total. The number of rotatable bonds is 5. The molecule has 0 saturated carbocycles. The Labute approximate surface area is 195 Å². The van der Waals surface area contributed by atoms with Gasteiger partial charge in [-0.2, -0.15) is 0 Å². The number of aromatic hydroxyl groups is 1. The van der Waals surface area contributed by atoms with Crippen LogP contribution in [0.4, 0.5) is 11.4 Å². The number of sulfonamides is 1. The highest BCUT2D eigenvalue weighted by Crippen LogP contribution is 2.38. The number of hydrogen-bond donors (Lipinski definition) is 2. The summed E-state index contributed by atoms with van der Waals surface area (Å²) >= 11 is 3.28. The van der Waals surface area contributed by atoms with Gasteiger partial charge in [0.15, 0.2) is 0 Å². The van der Waals surface area contributed by atoms with Crippen molar-refractivity contribution >= 4 is 49.6 Å². The highest BCUT2D eigenvalue weighted by Gasteiger charge is 2.24. The second-order valence-electron chi connectivity index (χ2n) is 7.82. The van der Waals surface area contributed by atoms with Crippen molar-refractivity contribution in [1.82, 2.24) is 0 Å². The SMILES string of the molecule is CC1(C)C=Cc2c(ccc(/C=N/c3ccc(NS(=O)(=O)c4cccc(Br)c4)cc3)c2O)O1. The quantitative estimate of drug-likeness (QED) is 0.417. The smallest absolute Gasteiger partial charge is 0.261 e. The summed E-state index contributed by atoms with van der Waals surface area (Å²) in [5.41, 5.74) is 1.78. The van der Waals surface area contributed by atoms with Crippen molar-refractivity contribution in [3.63, 3.8) is 0 Å². The molecule has 0 saturated heterocycles. The number of benzene rings is 3. The number of halogens is 1. The van der Waals surface area contributed by atoms with E-state index in [0.717, 1.165) is 0 Å². The molecule has 0 amide bonds. The molecule has 1 aliphatic heterocycles. The van der Waals surface area contributed by atoms with E-state index >= 15 is 0 Å². The van der Waals surface area contributed by atoms with E-state index in [1.165, 1.54) is 12.1 Å². The number of nitrogens with zero attached hydrogens (tertiary/aromatic N) is 1. The summed E-state index contributed by atoms with van der Waals surface area (Å²) in [7, 11) is -3.70. The monoisotopic (exact) mass is 512 g/mol. The summed E-state index contributed by atoms with van der Waals surface area (Å²) in [6.45, 7) is 3.89. The van der Waals surface area contributed by atoms with Crippen molar-refractivity contribution in [1.29, 1.82) is 0 Å². The van der Waals surface area contributed by atoms with Crippen LogP contribution in [-0.4, -0.2) is 25.3 Å². The highest BCUT2D eigenvalue weighted by atomic mass is 79.9. The van der Waals surface area contributed by atoms with Crippen LogP contribution in [0.5, 0.6) is 11.5 Å². The number of aliphatic imine (C=N–C) groups is 1. The van der Waals surface area contributed by atoms with Gasteiger partial charge in [-0.15, -0.1) is 0 Å². The second-order valence-corrected chi connectivity index (χ2v) is 10.4. The molecule has 0 unspecified atom stereocenters. The fraction of sp³-hybridized carbons (Fsp3) is 0.125. The van der Waals surface area contributed by atoms with E-state index in [9.17, 15) is 13.5 Å². The lowest BCUT2D eigenvalue weighted by Gasteiger charge is -2.28. The van der Waals surface area contributed by atoms with Crippen molar-refractivity contribution in [3.05, 3.63) is 82.3 Å². The molecule has 3 aromatic carbocycles. The van der Waals surface area contributed by atoms with Crippen LogP contribution in [0.15, 0.2) is 81.1 Å². The van der Waals surface area contributed by atoms with Gasteiger partial charge in [-0.3, -0.25) is 9.71 Å². The van der Waals surface area contributed by atoms with Crippen LogP contribution in [0.3, 0.4) is 0 Å².